The first-order valence-electron chi connectivity index (χ1n) is 7.72. The van der Waals surface area contributed by atoms with E-state index < -0.39 is 0 Å². The summed E-state index contributed by atoms with van der Waals surface area (Å²) >= 11 is 0. The van der Waals surface area contributed by atoms with Crippen LogP contribution in [0.3, 0.4) is 0 Å². The van der Waals surface area contributed by atoms with Gasteiger partial charge in [0.15, 0.2) is 0 Å². The average Bonchev–Trinajstić information content (AvgIpc) is 2.72. The SMILES string of the molecule is CCC1(CNC2CCCC(C)CC2)CCCN1. The molecule has 17 heavy (non-hydrogen) atoms. The number of hydrogen-bond donors (Lipinski definition) is 2. The van der Waals surface area contributed by atoms with E-state index in [1.54, 1.807) is 0 Å². The molecule has 0 spiro atoms. The summed E-state index contributed by atoms with van der Waals surface area (Å²) in [7, 11) is 0. The van der Waals surface area contributed by atoms with Gasteiger partial charge in [-0.3, -0.25) is 0 Å². The minimum absolute atomic E-state index is 0.415. The molecule has 0 aromatic carbocycles. The lowest BCUT2D eigenvalue weighted by molar-refractivity contribution is 0.311. The Morgan fingerprint density at radius 3 is 2.76 bits per heavy atom. The lowest BCUT2D eigenvalue weighted by Crippen LogP contribution is -2.50. The third-order valence-corrected chi connectivity index (χ3v) is 5.00. The van der Waals surface area contributed by atoms with Gasteiger partial charge < -0.3 is 10.6 Å². The fourth-order valence-corrected chi connectivity index (χ4v) is 3.48. The van der Waals surface area contributed by atoms with E-state index in [1.807, 2.05) is 0 Å². The van der Waals surface area contributed by atoms with E-state index in [0.29, 0.717) is 5.54 Å². The van der Waals surface area contributed by atoms with Crippen molar-refractivity contribution in [3.63, 3.8) is 0 Å². The van der Waals surface area contributed by atoms with Crippen molar-refractivity contribution in [3.05, 3.63) is 0 Å². The van der Waals surface area contributed by atoms with Crippen LogP contribution in [-0.2, 0) is 0 Å². The highest BCUT2D eigenvalue weighted by Gasteiger charge is 2.31. The van der Waals surface area contributed by atoms with Crippen LogP contribution in [0.25, 0.3) is 0 Å². The lowest BCUT2D eigenvalue weighted by atomic mass is 9.93. The van der Waals surface area contributed by atoms with Gasteiger partial charge >= 0.3 is 0 Å². The molecule has 0 aromatic rings. The molecule has 2 heteroatoms. The molecule has 2 aliphatic rings. The standard InChI is InChI=1S/C15H30N2/c1-3-15(10-5-11-17-15)12-16-14-7-4-6-13(2)8-9-14/h13-14,16-17H,3-12H2,1-2H3. The topological polar surface area (TPSA) is 24.1 Å². The maximum Gasteiger partial charge on any atom is 0.0304 e. The molecule has 1 aliphatic carbocycles. The number of nitrogens with one attached hydrogen (secondary N) is 2. The first-order chi connectivity index (χ1) is 8.24. The Balaban J connectivity index is 1.76. The van der Waals surface area contributed by atoms with Crippen LogP contribution in [0.4, 0.5) is 0 Å². The van der Waals surface area contributed by atoms with E-state index in [1.165, 1.54) is 64.5 Å². The van der Waals surface area contributed by atoms with E-state index in [0.717, 1.165) is 12.0 Å². The monoisotopic (exact) mass is 238 g/mol. The maximum atomic E-state index is 3.85. The molecule has 3 unspecified atom stereocenters. The first kappa shape index (κ1) is 13.4. The molecule has 2 fully saturated rings. The van der Waals surface area contributed by atoms with Gasteiger partial charge in [0.25, 0.3) is 0 Å². The Morgan fingerprint density at radius 1 is 1.18 bits per heavy atom. The van der Waals surface area contributed by atoms with Crippen molar-refractivity contribution in [1.82, 2.24) is 10.6 Å². The van der Waals surface area contributed by atoms with E-state index in [4.69, 9.17) is 0 Å². The molecule has 2 rings (SSSR count). The van der Waals surface area contributed by atoms with Crippen molar-refractivity contribution in [2.24, 2.45) is 5.92 Å². The van der Waals surface area contributed by atoms with E-state index >= 15 is 0 Å². The Labute approximate surface area is 107 Å². The largest absolute Gasteiger partial charge is 0.312 e. The van der Waals surface area contributed by atoms with Crippen LogP contribution in [0.2, 0.25) is 0 Å². The van der Waals surface area contributed by atoms with Gasteiger partial charge in [0.1, 0.15) is 0 Å². The molecule has 2 nitrogen and oxygen atoms in total. The predicted octanol–water partition coefficient (Wildman–Crippen LogP) is 3.08. The predicted molar refractivity (Wildman–Crippen MR) is 74.3 cm³/mol. The molecule has 1 saturated carbocycles. The molecular weight excluding hydrogens is 208 g/mol. The summed E-state index contributed by atoms with van der Waals surface area (Å²) in [5.74, 6) is 0.951. The van der Waals surface area contributed by atoms with Gasteiger partial charge in [-0.2, -0.15) is 0 Å². The molecule has 1 aliphatic heterocycles. The summed E-state index contributed by atoms with van der Waals surface area (Å²) in [6.45, 7) is 7.14. The molecule has 3 atom stereocenters. The van der Waals surface area contributed by atoms with Crippen LogP contribution in [-0.4, -0.2) is 24.7 Å². The van der Waals surface area contributed by atoms with Crippen LogP contribution in [0.1, 0.15) is 65.2 Å². The van der Waals surface area contributed by atoms with Gasteiger partial charge in [-0.15, -0.1) is 0 Å². The van der Waals surface area contributed by atoms with E-state index in [9.17, 15) is 0 Å². The molecule has 1 saturated heterocycles. The van der Waals surface area contributed by atoms with Crippen molar-refractivity contribution < 1.29 is 0 Å². The quantitative estimate of drug-likeness (QED) is 0.736. The third-order valence-electron chi connectivity index (χ3n) is 5.00. The highest BCUT2D eigenvalue weighted by Crippen LogP contribution is 2.25. The zero-order valence-electron chi connectivity index (χ0n) is 11.7. The van der Waals surface area contributed by atoms with Crippen molar-refractivity contribution in [2.75, 3.05) is 13.1 Å². The van der Waals surface area contributed by atoms with E-state index in [2.05, 4.69) is 24.5 Å². The smallest absolute Gasteiger partial charge is 0.0304 e. The normalized spacial score (nSPS) is 39.2. The van der Waals surface area contributed by atoms with Gasteiger partial charge in [0, 0.05) is 18.1 Å². The summed E-state index contributed by atoms with van der Waals surface area (Å²) in [6.07, 6.45) is 11.1. The Morgan fingerprint density at radius 2 is 2.06 bits per heavy atom. The Hall–Kier alpha value is -0.0800. The molecule has 100 valence electrons. The van der Waals surface area contributed by atoms with Gasteiger partial charge in [0.05, 0.1) is 0 Å². The highest BCUT2D eigenvalue weighted by atomic mass is 15.1. The summed E-state index contributed by atoms with van der Waals surface area (Å²) in [5.41, 5.74) is 0.415. The molecule has 0 bridgehead atoms. The molecule has 1 heterocycles. The van der Waals surface area contributed by atoms with Gasteiger partial charge in [-0.25, -0.2) is 0 Å². The molecule has 2 N–H and O–H groups in total. The number of hydrogen-bond acceptors (Lipinski definition) is 2. The van der Waals surface area contributed by atoms with Crippen molar-refractivity contribution in [1.29, 1.82) is 0 Å². The van der Waals surface area contributed by atoms with Crippen molar-refractivity contribution >= 4 is 0 Å². The molecular formula is C15H30N2. The fourth-order valence-electron chi connectivity index (χ4n) is 3.48. The molecule has 0 amide bonds. The minimum atomic E-state index is 0.415. The zero-order valence-corrected chi connectivity index (χ0v) is 11.7. The second kappa shape index (κ2) is 6.19. The molecule has 0 aromatic heterocycles. The van der Waals surface area contributed by atoms with E-state index in [-0.39, 0.29) is 0 Å². The second-order valence-corrected chi connectivity index (χ2v) is 6.36. The summed E-state index contributed by atoms with van der Waals surface area (Å²) < 4.78 is 0. The Bertz CT molecular complexity index is 221. The van der Waals surface area contributed by atoms with Crippen LogP contribution >= 0.6 is 0 Å². The fraction of sp³-hybridized carbons (Fsp3) is 1.00. The summed E-state index contributed by atoms with van der Waals surface area (Å²) in [6, 6.07) is 0.783. The summed E-state index contributed by atoms with van der Waals surface area (Å²) in [4.78, 5) is 0. The Kier molecular flexibility index (Phi) is 4.87. The average molecular weight is 238 g/mol. The zero-order chi connectivity index (χ0) is 12.1. The second-order valence-electron chi connectivity index (χ2n) is 6.36. The number of rotatable bonds is 4. The first-order valence-corrected chi connectivity index (χ1v) is 7.72. The van der Waals surface area contributed by atoms with Crippen LogP contribution in [0, 0.1) is 5.92 Å². The van der Waals surface area contributed by atoms with Crippen LogP contribution in [0.15, 0.2) is 0 Å². The van der Waals surface area contributed by atoms with Crippen LogP contribution in [0.5, 0.6) is 0 Å². The van der Waals surface area contributed by atoms with Gasteiger partial charge in [-0.05, 0) is 51.0 Å². The maximum absolute atomic E-state index is 3.85. The molecule has 0 radical (unpaired) electrons. The van der Waals surface area contributed by atoms with Crippen molar-refractivity contribution in [3.8, 4) is 0 Å². The van der Waals surface area contributed by atoms with Gasteiger partial charge in [-0.1, -0.05) is 26.7 Å². The lowest BCUT2D eigenvalue weighted by Gasteiger charge is -2.31. The highest BCUT2D eigenvalue weighted by molar-refractivity contribution is 4.94. The minimum Gasteiger partial charge on any atom is -0.312 e. The van der Waals surface area contributed by atoms with Gasteiger partial charge in [0.2, 0.25) is 0 Å². The van der Waals surface area contributed by atoms with Crippen LogP contribution < -0.4 is 10.6 Å². The van der Waals surface area contributed by atoms with Crippen molar-refractivity contribution in [2.45, 2.75) is 76.8 Å². The summed E-state index contributed by atoms with van der Waals surface area (Å²) in [5, 5.41) is 7.57. The third kappa shape index (κ3) is 3.69.